The Labute approximate surface area is 136 Å². The van der Waals surface area contributed by atoms with Crippen molar-refractivity contribution in [2.24, 2.45) is 0 Å². The molecule has 2 aromatic carbocycles. The van der Waals surface area contributed by atoms with E-state index in [4.69, 9.17) is 0 Å². The summed E-state index contributed by atoms with van der Waals surface area (Å²) in [6.07, 6.45) is 2.25. The van der Waals surface area contributed by atoms with Gasteiger partial charge in [0, 0.05) is 16.9 Å². The van der Waals surface area contributed by atoms with Gasteiger partial charge in [-0.15, -0.1) is 0 Å². The highest BCUT2D eigenvalue weighted by Crippen LogP contribution is 2.28. The highest BCUT2D eigenvalue weighted by atomic mass is 79.9. The number of halogens is 1. The van der Waals surface area contributed by atoms with Crippen LogP contribution in [0.4, 0.5) is 0 Å². The van der Waals surface area contributed by atoms with Crippen LogP contribution < -0.4 is 5.32 Å². The molecule has 0 spiro atoms. The van der Waals surface area contributed by atoms with Crippen LogP contribution in [0.5, 0.6) is 0 Å². The van der Waals surface area contributed by atoms with Crippen molar-refractivity contribution in [2.75, 3.05) is 13.1 Å². The third kappa shape index (κ3) is 4.69. The highest BCUT2D eigenvalue weighted by Gasteiger charge is 2.15. The molecule has 0 aliphatic heterocycles. The monoisotopic (exact) mass is 345 g/mol. The minimum Gasteiger partial charge on any atom is -0.316 e. The Morgan fingerprint density at radius 1 is 1.05 bits per heavy atom. The molecule has 1 atom stereocenters. The lowest BCUT2D eigenvalue weighted by Crippen LogP contribution is -2.24. The molecule has 0 aromatic heterocycles. The van der Waals surface area contributed by atoms with E-state index in [1.807, 2.05) is 0 Å². The van der Waals surface area contributed by atoms with E-state index in [1.54, 1.807) is 0 Å². The van der Waals surface area contributed by atoms with Crippen LogP contribution in [0.3, 0.4) is 0 Å². The van der Waals surface area contributed by atoms with Crippen LogP contribution in [-0.2, 0) is 6.42 Å². The normalized spacial score (nSPS) is 12.3. The van der Waals surface area contributed by atoms with Crippen LogP contribution >= 0.6 is 15.9 Å². The van der Waals surface area contributed by atoms with Gasteiger partial charge >= 0.3 is 0 Å². The fraction of sp³-hybridized carbons (Fsp3) is 0.368. The fourth-order valence-electron chi connectivity index (χ4n) is 2.66. The van der Waals surface area contributed by atoms with Gasteiger partial charge in [-0.3, -0.25) is 0 Å². The molecular formula is C19H24BrN. The molecule has 0 amide bonds. The van der Waals surface area contributed by atoms with Crippen molar-refractivity contribution in [3.8, 4) is 0 Å². The molecule has 0 aliphatic carbocycles. The van der Waals surface area contributed by atoms with E-state index < -0.39 is 0 Å². The standard InChI is InChI=1S/C19H24BrN/c1-3-12-21-14-17(18-10-6-7-11-19(18)20)13-16-9-5-4-8-15(16)2/h4-11,17,21H,3,12-14H2,1-2H3. The van der Waals surface area contributed by atoms with Crippen LogP contribution in [0.25, 0.3) is 0 Å². The summed E-state index contributed by atoms with van der Waals surface area (Å²) in [7, 11) is 0. The zero-order valence-corrected chi connectivity index (χ0v) is 14.5. The lowest BCUT2D eigenvalue weighted by Gasteiger charge is -2.20. The van der Waals surface area contributed by atoms with E-state index >= 15 is 0 Å². The first-order valence-corrected chi connectivity index (χ1v) is 8.51. The largest absolute Gasteiger partial charge is 0.316 e. The molecule has 2 heteroatoms. The van der Waals surface area contributed by atoms with Gasteiger partial charge in [0.1, 0.15) is 0 Å². The zero-order chi connectivity index (χ0) is 15.1. The lowest BCUT2D eigenvalue weighted by molar-refractivity contribution is 0.574. The zero-order valence-electron chi connectivity index (χ0n) is 12.9. The van der Waals surface area contributed by atoms with Gasteiger partial charge in [0.25, 0.3) is 0 Å². The number of aryl methyl sites for hydroxylation is 1. The molecule has 0 radical (unpaired) electrons. The van der Waals surface area contributed by atoms with Crippen LogP contribution in [0, 0.1) is 6.92 Å². The van der Waals surface area contributed by atoms with Crippen molar-refractivity contribution in [2.45, 2.75) is 32.6 Å². The molecule has 0 saturated heterocycles. The number of nitrogens with one attached hydrogen (secondary N) is 1. The number of benzene rings is 2. The molecule has 0 fully saturated rings. The van der Waals surface area contributed by atoms with Crippen molar-refractivity contribution < 1.29 is 0 Å². The van der Waals surface area contributed by atoms with Gasteiger partial charge < -0.3 is 5.32 Å². The first-order chi connectivity index (χ1) is 10.2. The Kier molecular flexibility index (Phi) is 6.47. The fourth-order valence-corrected chi connectivity index (χ4v) is 3.26. The maximum atomic E-state index is 3.71. The van der Waals surface area contributed by atoms with Gasteiger partial charge in [0.05, 0.1) is 0 Å². The summed E-state index contributed by atoms with van der Waals surface area (Å²) in [5, 5.41) is 3.58. The Balaban J connectivity index is 2.20. The molecule has 112 valence electrons. The van der Waals surface area contributed by atoms with Crippen molar-refractivity contribution in [3.63, 3.8) is 0 Å². The second-order valence-electron chi connectivity index (χ2n) is 5.55. The Hall–Kier alpha value is -1.12. The molecule has 1 nitrogen and oxygen atoms in total. The summed E-state index contributed by atoms with van der Waals surface area (Å²) in [5.41, 5.74) is 4.21. The molecule has 1 unspecified atom stereocenters. The molecule has 0 saturated carbocycles. The second-order valence-corrected chi connectivity index (χ2v) is 6.41. The van der Waals surface area contributed by atoms with Crippen molar-refractivity contribution >= 4 is 15.9 Å². The number of hydrogen-bond donors (Lipinski definition) is 1. The average Bonchev–Trinajstić information content (AvgIpc) is 2.49. The van der Waals surface area contributed by atoms with E-state index in [9.17, 15) is 0 Å². The average molecular weight is 346 g/mol. The summed E-state index contributed by atoms with van der Waals surface area (Å²) in [6, 6.07) is 17.3. The van der Waals surface area contributed by atoms with E-state index in [-0.39, 0.29) is 0 Å². The van der Waals surface area contributed by atoms with E-state index in [1.165, 1.54) is 27.6 Å². The Bertz CT molecular complexity index is 565. The van der Waals surface area contributed by atoms with Gasteiger partial charge in [-0.05, 0) is 49.1 Å². The summed E-state index contributed by atoms with van der Waals surface area (Å²) in [5.74, 6) is 0.494. The van der Waals surface area contributed by atoms with Crippen LogP contribution in [0.1, 0.15) is 36.0 Å². The SMILES string of the molecule is CCCNCC(Cc1ccccc1C)c1ccccc1Br. The Morgan fingerprint density at radius 2 is 1.76 bits per heavy atom. The van der Waals surface area contributed by atoms with Gasteiger partial charge in [-0.25, -0.2) is 0 Å². The molecule has 2 rings (SSSR count). The van der Waals surface area contributed by atoms with Crippen LogP contribution in [0.15, 0.2) is 53.0 Å². The lowest BCUT2D eigenvalue weighted by atomic mass is 9.90. The third-order valence-corrected chi connectivity index (χ3v) is 4.61. The minimum absolute atomic E-state index is 0.494. The summed E-state index contributed by atoms with van der Waals surface area (Å²) in [4.78, 5) is 0. The first kappa shape index (κ1) is 16.3. The van der Waals surface area contributed by atoms with Crippen molar-refractivity contribution in [1.29, 1.82) is 0 Å². The predicted molar refractivity (Wildman–Crippen MR) is 94.9 cm³/mol. The van der Waals surface area contributed by atoms with E-state index in [0.29, 0.717) is 5.92 Å². The number of rotatable bonds is 7. The molecule has 1 N–H and O–H groups in total. The Morgan fingerprint density at radius 3 is 2.48 bits per heavy atom. The van der Waals surface area contributed by atoms with Gasteiger partial charge in [-0.1, -0.05) is 65.3 Å². The second kappa shape index (κ2) is 8.35. The number of hydrogen-bond acceptors (Lipinski definition) is 1. The van der Waals surface area contributed by atoms with Gasteiger partial charge in [0.2, 0.25) is 0 Å². The van der Waals surface area contributed by atoms with E-state index in [0.717, 1.165) is 19.5 Å². The summed E-state index contributed by atoms with van der Waals surface area (Å²) in [6.45, 7) is 6.51. The topological polar surface area (TPSA) is 12.0 Å². The third-order valence-electron chi connectivity index (χ3n) is 3.89. The van der Waals surface area contributed by atoms with Crippen molar-refractivity contribution in [3.05, 3.63) is 69.7 Å². The van der Waals surface area contributed by atoms with Crippen molar-refractivity contribution in [1.82, 2.24) is 5.32 Å². The minimum atomic E-state index is 0.494. The summed E-state index contributed by atoms with van der Waals surface area (Å²) < 4.78 is 1.21. The van der Waals surface area contributed by atoms with Crippen LogP contribution in [0.2, 0.25) is 0 Å². The smallest absolute Gasteiger partial charge is 0.0210 e. The molecule has 0 bridgehead atoms. The van der Waals surface area contributed by atoms with Crippen LogP contribution in [-0.4, -0.2) is 13.1 Å². The molecule has 2 aromatic rings. The quantitative estimate of drug-likeness (QED) is 0.689. The van der Waals surface area contributed by atoms with Gasteiger partial charge in [0.15, 0.2) is 0 Å². The molecule has 21 heavy (non-hydrogen) atoms. The predicted octanol–water partition coefficient (Wildman–Crippen LogP) is 5.08. The molecular weight excluding hydrogens is 322 g/mol. The molecule has 0 heterocycles. The maximum absolute atomic E-state index is 3.71. The highest BCUT2D eigenvalue weighted by molar-refractivity contribution is 9.10. The molecule has 0 aliphatic rings. The first-order valence-electron chi connectivity index (χ1n) is 7.72. The maximum Gasteiger partial charge on any atom is 0.0210 e. The van der Waals surface area contributed by atoms with E-state index in [2.05, 4.69) is 83.6 Å². The summed E-state index contributed by atoms with van der Waals surface area (Å²) >= 11 is 3.71. The van der Waals surface area contributed by atoms with Gasteiger partial charge in [-0.2, -0.15) is 0 Å².